The topological polar surface area (TPSA) is 68.3 Å². The maximum Gasteiger partial charge on any atom is 0.251 e. The van der Waals surface area contributed by atoms with Crippen molar-refractivity contribution in [3.05, 3.63) is 95.2 Å². The van der Waals surface area contributed by atoms with Crippen LogP contribution in [0.25, 0.3) is 22.1 Å². The number of rotatable bonds is 7. The van der Waals surface area contributed by atoms with Gasteiger partial charge in [0.1, 0.15) is 18.0 Å². The van der Waals surface area contributed by atoms with Crippen LogP contribution in [-0.2, 0) is 13.1 Å². The Bertz CT molecular complexity index is 1190. The molecule has 4 nitrogen and oxygen atoms in total. The van der Waals surface area contributed by atoms with E-state index < -0.39 is 6.67 Å². The Morgan fingerprint density at radius 2 is 1.74 bits per heavy atom. The average Bonchev–Trinajstić information content (AvgIpc) is 3.20. The van der Waals surface area contributed by atoms with Gasteiger partial charge in [-0.05, 0) is 46.5 Å². The van der Waals surface area contributed by atoms with Gasteiger partial charge in [0.2, 0.25) is 0 Å². The molecule has 1 aromatic heterocycles. The molecule has 0 saturated heterocycles. The highest BCUT2D eigenvalue weighted by atomic mass is 35.5. The molecule has 6 heteroatoms. The lowest BCUT2D eigenvalue weighted by atomic mass is 9.99. The molecule has 4 aromatic rings. The smallest absolute Gasteiger partial charge is 0.251 e. The van der Waals surface area contributed by atoms with Crippen LogP contribution < -0.4 is 11.1 Å². The van der Waals surface area contributed by atoms with Crippen molar-refractivity contribution in [1.29, 1.82) is 0 Å². The molecule has 0 unspecified atom stereocenters. The molecule has 1 amide bonds. The highest BCUT2D eigenvalue weighted by Gasteiger charge is 2.12. The molecule has 31 heavy (non-hydrogen) atoms. The molecule has 0 saturated carbocycles. The Balaban J connectivity index is 0.00000272. The maximum atomic E-state index is 13.0. The molecule has 0 aliphatic carbocycles. The first-order chi connectivity index (χ1) is 14.7. The Kier molecular flexibility index (Phi) is 7.45. The van der Waals surface area contributed by atoms with Gasteiger partial charge in [0.05, 0.1) is 0 Å². The van der Waals surface area contributed by atoms with E-state index in [-0.39, 0.29) is 18.3 Å². The minimum absolute atomic E-state index is 0. The third-order valence-corrected chi connectivity index (χ3v) is 5.00. The van der Waals surface area contributed by atoms with Crippen LogP contribution >= 0.6 is 12.4 Å². The summed E-state index contributed by atoms with van der Waals surface area (Å²) >= 11 is 0. The second-order valence-corrected chi connectivity index (χ2v) is 7.19. The first-order valence-corrected chi connectivity index (χ1v) is 9.92. The molecule has 0 radical (unpaired) electrons. The van der Waals surface area contributed by atoms with Gasteiger partial charge in [0, 0.05) is 30.5 Å². The van der Waals surface area contributed by atoms with Gasteiger partial charge in [-0.15, -0.1) is 12.4 Å². The normalized spacial score (nSPS) is 10.6. The van der Waals surface area contributed by atoms with E-state index in [1.165, 1.54) is 0 Å². The number of amides is 1. The molecule has 0 fully saturated rings. The predicted molar refractivity (Wildman–Crippen MR) is 124 cm³/mol. The van der Waals surface area contributed by atoms with Crippen molar-refractivity contribution >= 4 is 29.3 Å². The van der Waals surface area contributed by atoms with Crippen molar-refractivity contribution in [1.82, 2.24) is 5.32 Å². The van der Waals surface area contributed by atoms with Gasteiger partial charge in [-0.3, -0.25) is 4.79 Å². The zero-order valence-electron chi connectivity index (χ0n) is 16.9. The Morgan fingerprint density at radius 1 is 0.968 bits per heavy atom. The quantitative estimate of drug-likeness (QED) is 0.413. The average molecular weight is 439 g/mol. The third kappa shape index (κ3) is 5.13. The van der Waals surface area contributed by atoms with E-state index >= 15 is 0 Å². The van der Waals surface area contributed by atoms with Crippen molar-refractivity contribution in [3.63, 3.8) is 0 Å². The number of carbonyl (C=O) groups is 1. The van der Waals surface area contributed by atoms with E-state index in [2.05, 4.69) is 5.32 Å². The lowest BCUT2D eigenvalue weighted by molar-refractivity contribution is 0.0955. The SMILES string of the molecule is Cl.NCCNC(=O)c1cccc(-c2cccc3oc(Cc4cccc(CF)c4)cc23)c1. The number of nitrogens with one attached hydrogen (secondary N) is 1. The van der Waals surface area contributed by atoms with Crippen molar-refractivity contribution < 1.29 is 13.6 Å². The molecule has 3 aromatic carbocycles. The number of hydrogen-bond donors (Lipinski definition) is 2. The molecule has 0 atom stereocenters. The standard InChI is InChI=1S/C25H23FN2O2.ClH/c26-16-18-5-1-4-17(12-18)13-21-15-23-22(8-3-9-24(23)30-21)19-6-2-7-20(14-19)25(29)28-11-10-27;/h1-9,12,14-15H,10-11,13,16,27H2,(H,28,29);1H. The first-order valence-electron chi connectivity index (χ1n) is 9.92. The zero-order valence-corrected chi connectivity index (χ0v) is 17.8. The fraction of sp³-hybridized carbons (Fsp3) is 0.160. The van der Waals surface area contributed by atoms with Crippen LogP contribution in [0.5, 0.6) is 0 Å². The highest BCUT2D eigenvalue weighted by molar-refractivity contribution is 5.98. The second-order valence-electron chi connectivity index (χ2n) is 7.19. The molecule has 160 valence electrons. The van der Waals surface area contributed by atoms with Crippen LogP contribution in [0.15, 0.2) is 77.2 Å². The fourth-order valence-electron chi connectivity index (χ4n) is 3.59. The van der Waals surface area contributed by atoms with E-state index in [4.69, 9.17) is 10.2 Å². The van der Waals surface area contributed by atoms with Crippen LogP contribution in [0.3, 0.4) is 0 Å². The summed E-state index contributed by atoms with van der Waals surface area (Å²) in [6.45, 7) is 0.359. The number of hydrogen-bond acceptors (Lipinski definition) is 3. The summed E-state index contributed by atoms with van der Waals surface area (Å²) in [6.07, 6.45) is 0.587. The van der Waals surface area contributed by atoms with E-state index in [1.54, 1.807) is 12.1 Å². The monoisotopic (exact) mass is 438 g/mol. The maximum absolute atomic E-state index is 13.0. The molecule has 4 rings (SSSR count). The molecule has 3 N–H and O–H groups in total. The second kappa shape index (κ2) is 10.2. The van der Waals surface area contributed by atoms with Crippen molar-refractivity contribution in [2.75, 3.05) is 13.1 Å². The summed E-state index contributed by atoms with van der Waals surface area (Å²) in [6, 6.07) is 22.9. The van der Waals surface area contributed by atoms with E-state index in [0.29, 0.717) is 30.6 Å². The number of halogens is 2. The summed E-state index contributed by atoms with van der Waals surface area (Å²) in [4.78, 5) is 12.3. The van der Waals surface area contributed by atoms with Gasteiger partial charge in [-0.2, -0.15) is 0 Å². The lowest BCUT2D eigenvalue weighted by Gasteiger charge is -2.07. The van der Waals surface area contributed by atoms with Gasteiger partial charge < -0.3 is 15.5 Å². The fourth-order valence-corrected chi connectivity index (χ4v) is 3.59. The molecule has 0 aliphatic rings. The number of benzene rings is 3. The van der Waals surface area contributed by atoms with E-state index in [9.17, 15) is 9.18 Å². The number of fused-ring (bicyclic) bond motifs is 1. The summed E-state index contributed by atoms with van der Waals surface area (Å²) in [5.41, 5.74) is 10.4. The molecule has 1 heterocycles. The van der Waals surface area contributed by atoms with E-state index in [0.717, 1.165) is 33.4 Å². The molecule has 0 aliphatic heterocycles. The summed E-state index contributed by atoms with van der Waals surface area (Å²) in [7, 11) is 0. The minimum Gasteiger partial charge on any atom is -0.461 e. The lowest BCUT2D eigenvalue weighted by Crippen LogP contribution is -2.28. The highest BCUT2D eigenvalue weighted by Crippen LogP contribution is 2.32. The summed E-state index contributed by atoms with van der Waals surface area (Å²) < 4.78 is 19.0. The number of nitrogens with two attached hydrogens (primary N) is 1. The van der Waals surface area contributed by atoms with Crippen LogP contribution in [-0.4, -0.2) is 19.0 Å². The first kappa shape index (κ1) is 22.5. The van der Waals surface area contributed by atoms with Gasteiger partial charge in [0.15, 0.2) is 0 Å². The van der Waals surface area contributed by atoms with Gasteiger partial charge in [-0.1, -0.05) is 48.5 Å². The van der Waals surface area contributed by atoms with Crippen LogP contribution in [0.4, 0.5) is 4.39 Å². The molecule has 0 spiro atoms. The van der Waals surface area contributed by atoms with Crippen molar-refractivity contribution in [3.8, 4) is 11.1 Å². The van der Waals surface area contributed by atoms with Crippen LogP contribution in [0.2, 0.25) is 0 Å². The van der Waals surface area contributed by atoms with Gasteiger partial charge in [-0.25, -0.2) is 4.39 Å². The van der Waals surface area contributed by atoms with Crippen LogP contribution in [0.1, 0.15) is 27.2 Å². The van der Waals surface area contributed by atoms with Gasteiger partial charge >= 0.3 is 0 Å². The van der Waals surface area contributed by atoms with Crippen LogP contribution in [0, 0.1) is 0 Å². The number of carbonyl (C=O) groups excluding carboxylic acids is 1. The summed E-state index contributed by atoms with van der Waals surface area (Å²) in [5.74, 6) is 0.667. The molecular weight excluding hydrogens is 415 g/mol. The molecule has 0 bridgehead atoms. The largest absolute Gasteiger partial charge is 0.461 e. The molecular formula is C25H24ClFN2O2. The summed E-state index contributed by atoms with van der Waals surface area (Å²) in [5, 5.41) is 3.78. The third-order valence-electron chi connectivity index (χ3n) is 5.00. The Hall–Kier alpha value is -3.15. The van der Waals surface area contributed by atoms with Crippen molar-refractivity contribution in [2.45, 2.75) is 13.1 Å². The minimum atomic E-state index is -0.479. The Morgan fingerprint density at radius 3 is 2.55 bits per heavy atom. The Labute approximate surface area is 186 Å². The number of furan rings is 1. The number of alkyl halides is 1. The predicted octanol–water partition coefficient (Wildman–Crippen LogP) is 5.27. The zero-order chi connectivity index (χ0) is 20.9. The van der Waals surface area contributed by atoms with E-state index in [1.807, 2.05) is 60.7 Å². The van der Waals surface area contributed by atoms with Crippen molar-refractivity contribution in [2.24, 2.45) is 5.73 Å². The van der Waals surface area contributed by atoms with Gasteiger partial charge in [0.25, 0.3) is 5.91 Å².